The summed E-state index contributed by atoms with van der Waals surface area (Å²) < 4.78 is 5.26. The molecule has 29 heavy (non-hydrogen) atoms. The van der Waals surface area contributed by atoms with Crippen LogP contribution in [0.1, 0.15) is 41.5 Å². The van der Waals surface area contributed by atoms with Gasteiger partial charge in [-0.1, -0.05) is 77.9 Å². The maximum absolute atomic E-state index is 4.93. The number of benzene rings is 2. The van der Waals surface area contributed by atoms with Crippen LogP contribution >= 0.6 is 0 Å². The number of hydrogen-bond acceptors (Lipinski definition) is 3. The second kappa shape index (κ2) is 6.73. The van der Waals surface area contributed by atoms with E-state index in [1.165, 1.54) is 17.1 Å². The number of para-hydroxylation sites is 2. The Bertz CT molecular complexity index is 905. The molecule has 0 unspecified atom stereocenters. The molecule has 4 heteroatoms. The van der Waals surface area contributed by atoms with Gasteiger partial charge in [0.1, 0.15) is 5.82 Å². The molecule has 1 aliphatic heterocycles. The summed E-state index contributed by atoms with van der Waals surface area (Å²) in [7, 11) is -2.48. The monoisotopic (exact) mass is 401 g/mol. The van der Waals surface area contributed by atoms with Crippen LogP contribution in [0.5, 0.6) is 0 Å². The van der Waals surface area contributed by atoms with Crippen molar-refractivity contribution in [1.82, 2.24) is 4.98 Å². The highest BCUT2D eigenvalue weighted by Gasteiger charge is 2.67. The van der Waals surface area contributed by atoms with Gasteiger partial charge in [-0.3, -0.25) is 0 Å². The summed E-state index contributed by atoms with van der Waals surface area (Å²) in [5.41, 5.74) is 3.68. The molecule has 0 saturated heterocycles. The van der Waals surface area contributed by atoms with Gasteiger partial charge in [0.2, 0.25) is 0 Å². The quantitative estimate of drug-likeness (QED) is 0.417. The van der Waals surface area contributed by atoms with Gasteiger partial charge < -0.3 is 9.13 Å². The first-order valence-electron chi connectivity index (χ1n) is 10.4. The summed E-state index contributed by atoms with van der Waals surface area (Å²) in [6.07, 6.45) is 1.92. The fourth-order valence-electron chi connectivity index (χ4n) is 5.42. The van der Waals surface area contributed by atoms with Gasteiger partial charge in [-0.05, 0) is 46.5 Å². The maximum atomic E-state index is 4.93. The Morgan fingerprint density at radius 3 is 1.59 bits per heavy atom. The number of anilines is 4. The molecular formula is C25H31N3Si. The lowest BCUT2D eigenvalue weighted by atomic mass is 10.2. The van der Waals surface area contributed by atoms with Crippen molar-refractivity contribution < 1.29 is 0 Å². The summed E-state index contributed by atoms with van der Waals surface area (Å²) in [5, 5.41) is 0.0786. The average Bonchev–Trinajstić information content (AvgIpc) is 3.01. The van der Waals surface area contributed by atoms with E-state index in [0.717, 1.165) is 5.82 Å². The molecule has 2 aromatic carbocycles. The lowest BCUT2D eigenvalue weighted by Gasteiger charge is -2.57. The average molecular weight is 402 g/mol. The Balaban J connectivity index is 2.14. The molecule has 1 aliphatic rings. The molecule has 3 aromatic rings. The molecule has 0 amide bonds. The van der Waals surface area contributed by atoms with Crippen molar-refractivity contribution in [2.45, 2.75) is 51.6 Å². The van der Waals surface area contributed by atoms with Gasteiger partial charge in [0.15, 0.2) is 0 Å². The van der Waals surface area contributed by atoms with Crippen LogP contribution in [0.3, 0.4) is 0 Å². The molecular weight excluding hydrogens is 370 g/mol. The summed E-state index contributed by atoms with van der Waals surface area (Å²) >= 11 is 0. The molecule has 2 heterocycles. The maximum Gasteiger partial charge on any atom is 0.285 e. The number of fused-ring (bicyclic) bond motifs is 1. The number of rotatable bonds is 2. The largest absolute Gasteiger partial charge is 0.346 e. The van der Waals surface area contributed by atoms with Gasteiger partial charge in [-0.2, -0.15) is 0 Å². The van der Waals surface area contributed by atoms with E-state index < -0.39 is 8.40 Å². The minimum absolute atomic E-state index is 0.0393. The molecule has 3 nitrogen and oxygen atoms in total. The molecule has 1 aromatic heterocycles. The van der Waals surface area contributed by atoms with E-state index in [0.29, 0.717) is 0 Å². The second-order valence-corrected chi connectivity index (χ2v) is 15.1. The SMILES string of the molecule is CC(C)(C)[Si]1(C(C)(C)C)N(c2ccccc2)c2cccnc2N1c1ccccc1. The van der Waals surface area contributed by atoms with Crippen LogP contribution in [0, 0.1) is 0 Å². The third kappa shape index (κ3) is 2.81. The third-order valence-electron chi connectivity index (χ3n) is 5.99. The smallest absolute Gasteiger partial charge is 0.285 e. The second-order valence-electron chi connectivity index (χ2n) is 9.86. The Kier molecular flexibility index (Phi) is 4.58. The number of nitrogens with zero attached hydrogens (tertiary/aromatic N) is 3. The minimum Gasteiger partial charge on any atom is -0.346 e. The fourth-order valence-corrected chi connectivity index (χ4v) is 12.6. The van der Waals surface area contributed by atoms with Crippen molar-refractivity contribution >= 4 is 31.3 Å². The third-order valence-corrected chi connectivity index (χ3v) is 12.4. The standard InChI is InChI=1S/C25H31N3Si/c1-24(2,3)29(25(4,5)6)27(20-14-9-7-10-15-20)22-18-13-19-26-23(22)28(29)21-16-11-8-12-17-21/h7-19H,1-6H3. The molecule has 0 radical (unpaired) electrons. The minimum atomic E-state index is -2.48. The molecule has 0 aliphatic carbocycles. The number of pyridine rings is 1. The molecule has 4 rings (SSSR count). The van der Waals surface area contributed by atoms with Gasteiger partial charge in [-0.15, -0.1) is 0 Å². The van der Waals surface area contributed by atoms with E-state index in [4.69, 9.17) is 4.98 Å². The van der Waals surface area contributed by atoms with E-state index >= 15 is 0 Å². The summed E-state index contributed by atoms with van der Waals surface area (Å²) in [6, 6.07) is 26.0. The Hall–Kier alpha value is -2.59. The normalized spacial score (nSPS) is 16.1. The van der Waals surface area contributed by atoms with Gasteiger partial charge in [0.25, 0.3) is 8.40 Å². The van der Waals surface area contributed by atoms with Gasteiger partial charge in [-0.25, -0.2) is 4.98 Å². The predicted molar refractivity (Wildman–Crippen MR) is 127 cm³/mol. The highest BCUT2D eigenvalue weighted by Crippen LogP contribution is 2.64. The number of aromatic nitrogens is 1. The molecule has 0 N–H and O–H groups in total. The summed E-state index contributed by atoms with van der Waals surface area (Å²) in [4.78, 5) is 4.93. The van der Waals surface area contributed by atoms with E-state index in [2.05, 4.69) is 123 Å². The van der Waals surface area contributed by atoms with E-state index in [1.807, 2.05) is 6.20 Å². The van der Waals surface area contributed by atoms with E-state index in [9.17, 15) is 0 Å². The van der Waals surface area contributed by atoms with Crippen LogP contribution in [-0.2, 0) is 0 Å². The van der Waals surface area contributed by atoms with Crippen LogP contribution in [0.4, 0.5) is 22.9 Å². The summed E-state index contributed by atoms with van der Waals surface area (Å²) in [5.74, 6) is 1.07. The van der Waals surface area contributed by atoms with Gasteiger partial charge in [0, 0.05) is 17.6 Å². The topological polar surface area (TPSA) is 19.4 Å². The van der Waals surface area contributed by atoms with Crippen LogP contribution < -0.4 is 9.13 Å². The van der Waals surface area contributed by atoms with Crippen LogP contribution in [0.2, 0.25) is 10.1 Å². The first-order valence-corrected chi connectivity index (χ1v) is 12.2. The number of hydrogen-bond donors (Lipinski definition) is 0. The van der Waals surface area contributed by atoms with Crippen LogP contribution in [0.15, 0.2) is 79.0 Å². The zero-order valence-electron chi connectivity index (χ0n) is 18.3. The molecule has 0 spiro atoms. The summed E-state index contributed by atoms with van der Waals surface area (Å²) in [6.45, 7) is 14.4. The first kappa shape index (κ1) is 19.7. The lowest BCUT2D eigenvalue weighted by molar-refractivity contribution is 0.605. The van der Waals surface area contributed by atoms with Crippen LogP contribution in [0.25, 0.3) is 0 Å². The first-order chi connectivity index (χ1) is 13.7. The molecule has 0 fully saturated rings. The van der Waals surface area contributed by atoms with Crippen molar-refractivity contribution in [3.63, 3.8) is 0 Å². The van der Waals surface area contributed by atoms with Crippen LogP contribution in [-0.4, -0.2) is 13.4 Å². The van der Waals surface area contributed by atoms with Crippen molar-refractivity contribution in [3.05, 3.63) is 79.0 Å². The van der Waals surface area contributed by atoms with Gasteiger partial charge >= 0.3 is 0 Å². The van der Waals surface area contributed by atoms with Crippen molar-refractivity contribution in [2.75, 3.05) is 9.13 Å². The zero-order valence-corrected chi connectivity index (χ0v) is 19.3. The van der Waals surface area contributed by atoms with E-state index in [-0.39, 0.29) is 10.1 Å². The highest BCUT2D eigenvalue weighted by atomic mass is 28.4. The highest BCUT2D eigenvalue weighted by molar-refractivity contribution is 6.95. The van der Waals surface area contributed by atoms with Crippen molar-refractivity contribution in [3.8, 4) is 0 Å². The lowest BCUT2D eigenvalue weighted by Crippen LogP contribution is -2.70. The Morgan fingerprint density at radius 1 is 0.621 bits per heavy atom. The molecule has 0 saturated carbocycles. The fraction of sp³-hybridized carbons (Fsp3) is 0.320. The predicted octanol–water partition coefficient (Wildman–Crippen LogP) is 7.41. The van der Waals surface area contributed by atoms with Crippen molar-refractivity contribution in [2.24, 2.45) is 0 Å². The Labute approximate surface area is 176 Å². The van der Waals surface area contributed by atoms with Gasteiger partial charge in [0.05, 0.1) is 5.69 Å². The van der Waals surface area contributed by atoms with Crippen molar-refractivity contribution in [1.29, 1.82) is 0 Å². The molecule has 150 valence electrons. The van der Waals surface area contributed by atoms with E-state index in [1.54, 1.807) is 0 Å². The Morgan fingerprint density at radius 2 is 1.10 bits per heavy atom. The molecule has 0 bridgehead atoms. The zero-order chi connectivity index (χ0) is 20.9. The molecule has 0 atom stereocenters.